The first-order chi connectivity index (χ1) is 14.9. The van der Waals surface area contributed by atoms with E-state index < -0.39 is 12.1 Å². The Bertz CT molecular complexity index is 1050. The Kier molecular flexibility index (Phi) is 6.12. The van der Waals surface area contributed by atoms with Gasteiger partial charge in [0.1, 0.15) is 5.82 Å². The highest BCUT2D eigenvalue weighted by atomic mass is 16.5. The van der Waals surface area contributed by atoms with Gasteiger partial charge in [-0.25, -0.2) is 9.78 Å². The molecule has 0 bridgehead atoms. The van der Waals surface area contributed by atoms with Gasteiger partial charge in [0.15, 0.2) is 6.10 Å². The van der Waals surface area contributed by atoms with E-state index in [1.165, 1.54) is 0 Å². The van der Waals surface area contributed by atoms with Gasteiger partial charge in [-0.15, -0.1) is 0 Å². The van der Waals surface area contributed by atoms with Gasteiger partial charge in [-0.2, -0.15) is 0 Å². The Morgan fingerprint density at radius 2 is 1.84 bits per heavy atom. The van der Waals surface area contributed by atoms with E-state index in [2.05, 4.69) is 4.98 Å². The molecule has 0 spiro atoms. The van der Waals surface area contributed by atoms with Gasteiger partial charge in [-0.1, -0.05) is 6.42 Å². The van der Waals surface area contributed by atoms with Gasteiger partial charge in [0.05, 0.1) is 16.5 Å². The smallest absolute Gasteiger partial charge is 0.338 e. The largest absolute Gasteiger partial charge is 0.449 e. The number of piperidine rings is 1. The topological polar surface area (TPSA) is 81.5 Å². The molecule has 2 aliphatic heterocycles. The molecule has 4 rings (SSSR count). The first kappa shape index (κ1) is 21.5. The average Bonchev–Trinajstić information content (AvgIpc) is 2.99. The standard InChI is InChI=1S/C24H31N3O4/c1-15-8-7-9-16(2)27(15)22(28)17(3)31-24(30)18-11-12-19-20(14-18)25-21-10-5-4-6-13-26(21)23(19)29/h11-12,14-17H,4-10,13H2,1-3H3/t15-,16+,17-/m1/s1. The van der Waals surface area contributed by atoms with Crippen LogP contribution in [0.1, 0.15) is 75.5 Å². The molecule has 166 valence electrons. The molecule has 0 radical (unpaired) electrons. The van der Waals surface area contributed by atoms with Crippen LogP contribution in [0.5, 0.6) is 0 Å². The third-order valence-corrected chi connectivity index (χ3v) is 6.63. The molecule has 0 aliphatic carbocycles. The van der Waals surface area contributed by atoms with Gasteiger partial charge in [0.2, 0.25) is 0 Å². The van der Waals surface area contributed by atoms with E-state index in [0.717, 1.165) is 50.8 Å². The van der Waals surface area contributed by atoms with Crippen LogP contribution < -0.4 is 5.56 Å². The number of rotatable bonds is 3. The highest BCUT2D eigenvalue weighted by Crippen LogP contribution is 2.24. The minimum Gasteiger partial charge on any atom is -0.449 e. The number of hydrogen-bond acceptors (Lipinski definition) is 5. The fraction of sp³-hybridized carbons (Fsp3) is 0.583. The third-order valence-electron chi connectivity index (χ3n) is 6.63. The van der Waals surface area contributed by atoms with Crippen LogP contribution >= 0.6 is 0 Å². The summed E-state index contributed by atoms with van der Waals surface area (Å²) in [5.41, 5.74) is 0.751. The summed E-state index contributed by atoms with van der Waals surface area (Å²) in [7, 11) is 0. The lowest BCUT2D eigenvalue weighted by molar-refractivity contribution is -0.146. The van der Waals surface area contributed by atoms with Crippen LogP contribution in [0.2, 0.25) is 0 Å². The van der Waals surface area contributed by atoms with Crippen molar-refractivity contribution in [2.75, 3.05) is 0 Å². The van der Waals surface area contributed by atoms with Crippen molar-refractivity contribution in [3.05, 3.63) is 39.9 Å². The first-order valence-corrected chi connectivity index (χ1v) is 11.4. The first-order valence-electron chi connectivity index (χ1n) is 11.4. The Hall–Kier alpha value is -2.70. The number of aryl methyl sites for hydroxylation is 1. The second-order valence-electron chi connectivity index (χ2n) is 8.95. The van der Waals surface area contributed by atoms with E-state index in [-0.39, 0.29) is 23.6 Å². The van der Waals surface area contributed by atoms with Gasteiger partial charge in [-0.05, 0) is 71.1 Å². The molecule has 0 N–H and O–H groups in total. The molecule has 3 heterocycles. The van der Waals surface area contributed by atoms with Crippen LogP contribution in [0.25, 0.3) is 10.9 Å². The third kappa shape index (κ3) is 4.23. The molecule has 2 aromatic rings. The Labute approximate surface area is 182 Å². The van der Waals surface area contributed by atoms with E-state index in [1.807, 2.05) is 18.7 Å². The van der Waals surface area contributed by atoms with E-state index in [1.54, 1.807) is 29.7 Å². The van der Waals surface area contributed by atoms with E-state index in [0.29, 0.717) is 23.0 Å². The van der Waals surface area contributed by atoms with Gasteiger partial charge >= 0.3 is 5.97 Å². The average molecular weight is 426 g/mol. The number of benzene rings is 1. The lowest BCUT2D eigenvalue weighted by atomic mass is 9.97. The molecule has 1 saturated heterocycles. The maximum Gasteiger partial charge on any atom is 0.338 e. The Morgan fingerprint density at radius 3 is 2.58 bits per heavy atom. The summed E-state index contributed by atoms with van der Waals surface area (Å²) in [6.07, 6.45) is 6.00. The predicted molar refractivity (Wildman–Crippen MR) is 118 cm³/mol. The van der Waals surface area contributed by atoms with Gasteiger partial charge in [0, 0.05) is 25.0 Å². The van der Waals surface area contributed by atoms with Crippen molar-refractivity contribution in [3.8, 4) is 0 Å². The Balaban J connectivity index is 1.55. The van der Waals surface area contributed by atoms with Gasteiger partial charge in [-0.3, -0.25) is 14.2 Å². The summed E-state index contributed by atoms with van der Waals surface area (Å²) >= 11 is 0. The molecule has 0 unspecified atom stereocenters. The van der Waals surface area contributed by atoms with Crippen LogP contribution in [0, 0.1) is 0 Å². The van der Waals surface area contributed by atoms with Crippen LogP contribution in [0.3, 0.4) is 0 Å². The summed E-state index contributed by atoms with van der Waals surface area (Å²) in [6, 6.07) is 5.12. The van der Waals surface area contributed by atoms with Crippen LogP contribution in [-0.2, 0) is 22.5 Å². The molecule has 31 heavy (non-hydrogen) atoms. The second kappa shape index (κ2) is 8.81. The monoisotopic (exact) mass is 425 g/mol. The lowest BCUT2D eigenvalue weighted by Crippen LogP contribution is -2.51. The molecule has 1 fully saturated rings. The van der Waals surface area contributed by atoms with Crippen LogP contribution in [-0.4, -0.2) is 44.5 Å². The number of carbonyl (C=O) groups is 2. The quantitative estimate of drug-likeness (QED) is 0.704. The van der Waals surface area contributed by atoms with E-state index in [4.69, 9.17) is 4.74 Å². The number of nitrogens with zero attached hydrogens (tertiary/aromatic N) is 3. The molecule has 2 aliphatic rings. The second-order valence-corrected chi connectivity index (χ2v) is 8.95. The molecular formula is C24H31N3O4. The molecule has 3 atom stereocenters. The van der Waals surface area contributed by atoms with Crippen LogP contribution in [0.4, 0.5) is 0 Å². The lowest BCUT2D eigenvalue weighted by Gasteiger charge is -2.40. The normalized spacial score (nSPS) is 22.5. The molecule has 1 aromatic heterocycles. The summed E-state index contributed by atoms with van der Waals surface area (Å²) in [5, 5.41) is 0.502. The highest BCUT2D eigenvalue weighted by Gasteiger charge is 2.33. The van der Waals surface area contributed by atoms with Crippen molar-refractivity contribution in [1.82, 2.24) is 14.5 Å². The summed E-state index contributed by atoms with van der Waals surface area (Å²) in [4.78, 5) is 45.1. The predicted octanol–water partition coefficient (Wildman–Crippen LogP) is 3.46. The maximum atomic E-state index is 12.9. The van der Waals surface area contributed by atoms with Crippen molar-refractivity contribution in [3.63, 3.8) is 0 Å². The zero-order chi connectivity index (χ0) is 22.1. The number of hydrogen-bond donors (Lipinski definition) is 0. The van der Waals surface area contributed by atoms with Crippen molar-refractivity contribution in [1.29, 1.82) is 0 Å². The number of fused-ring (bicyclic) bond motifs is 2. The van der Waals surface area contributed by atoms with Crippen LogP contribution in [0.15, 0.2) is 23.0 Å². The zero-order valence-electron chi connectivity index (χ0n) is 18.6. The molecule has 1 amide bonds. The summed E-state index contributed by atoms with van der Waals surface area (Å²) in [5.74, 6) is 0.0459. The van der Waals surface area contributed by atoms with Crippen molar-refractivity contribution < 1.29 is 14.3 Å². The number of ether oxygens (including phenoxy) is 1. The minimum absolute atomic E-state index is 0.0570. The Morgan fingerprint density at radius 1 is 1.10 bits per heavy atom. The maximum absolute atomic E-state index is 12.9. The van der Waals surface area contributed by atoms with Crippen molar-refractivity contribution in [2.45, 2.75) is 90.4 Å². The molecule has 7 nitrogen and oxygen atoms in total. The molecule has 7 heteroatoms. The SMILES string of the molecule is C[C@@H]1CCC[C@H](C)N1C(=O)[C@@H](C)OC(=O)c1ccc2c(=O)n3c(nc2c1)CCCCC3. The summed E-state index contributed by atoms with van der Waals surface area (Å²) in [6.45, 7) is 6.39. The van der Waals surface area contributed by atoms with E-state index in [9.17, 15) is 14.4 Å². The molecule has 1 aromatic carbocycles. The minimum atomic E-state index is -0.864. The fourth-order valence-corrected chi connectivity index (χ4v) is 4.89. The van der Waals surface area contributed by atoms with Gasteiger partial charge < -0.3 is 9.64 Å². The highest BCUT2D eigenvalue weighted by molar-refractivity contribution is 5.95. The number of likely N-dealkylation sites (tertiary alicyclic amines) is 1. The number of aromatic nitrogens is 2. The molecule has 0 saturated carbocycles. The summed E-state index contributed by atoms with van der Waals surface area (Å²) < 4.78 is 7.28. The fourth-order valence-electron chi connectivity index (χ4n) is 4.89. The number of amides is 1. The van der Waals surface area contributed by atoms with E-state index >= 15 is 0 Å². The zero-order valence-corrected chi connectivity index (χ0v) is 18.6. The van der Waals surface area contributed by atoms with Crippen molar-refractivity contribution >= 4 is 22.8 Å². The van der Waals surface area contributed by atoms with Gasteiger partial charge in [0.25, 0.3) is 11.5 Å². The number of esters is 1. The molecular weight excluding hydrogens is 394 g/mol. The van der Waals surface area contributed by atoms with Crippen molar-refractivity contribution in [2.24, 2.45) is 0 Å². The number of carbonyl (C=O) groups excluding carboxylic acids is 2.